The lowest BCUT2D eigenvalue weighted by Gasteiger charge is -2.42. The van der Waals surface area contributed by atoms with Crippen LogP contribution in [0.1, 0.15) is 27.1 Å². The summed E-state index contributed by atoms with van der Waals surface area (Å²) in [4.78, 5) is 27.3. The molecule has 2 aromatic rings. The molecule has 0 aromatic heterocycles. The van der Waals surface area contributed by atoms with Gasteiger partial charge < -0.3 is 9.80 Å². The van der Waals surface area contributed by atoms with Crippen LogP contribution in [-0.2, 0) is 0 Å². The standard InChI is InChI=1S/C19H16F4N2O2/c1-24(18(26)14-8-11(20)2-4-16(14)22)10-13-6-7-25(13)19(27)15-9-12(21)3-5-17(15)23/h2-5,8-9,13H,6-7,10H2,1H3. The summed E-state index contributed by atoms with van der Waals surface area (Å²) >= 11 is 0. The third-order valence-corrected chi connectivity index (χ3v) is 4.55. The van der Waals surface area contributed by atoms with Crippen LogP contribution in [0.5, 0.6) is 0 Å². The summed E-state index contributed by atoms with van der Waals surface area (Å²) in [5.41, 5.74) is -0.796. The van der Waals surface area contributed by atoms with Gasteiger partial charge in [0.05, 0.1) is 17.2 Å². The quantitative estimate of drug-likeness (QED) is 0.765. The molecule has 1 heterocycles. The second-order valence-corrected chi connectivity index (χ2v) is 6.38. The van der Waals surface area contributed by atoms with Crippen LogP contribution in [0.2, 0.25) is 0 Å². The maximum Gasteiger partial charge on any atom is 0.257 e. The number of nitrogens with zero attached hydrogens (tertiary/aromatic N) is 2. The second-order valence-electron chi connectivity index (χ2n) is 6.38. The Kier molecular flexibility index (Phi) is 5.16. The fraction of sp³-hybridized carbons (Fsp3) is 0.263. The van der Waals surface area contributed by atoms with Crippen molar-refractivity contribution in [3.05, 3.63) is 70.8 Å². The highest BCUT2D eigenvalue weighted by Crippen LogP contribution is 2.24. The fourth-order valence-electron chi connectivity index (χ4n) is 2.98. The van der Waals surface area contributed by atoms with Gasteiger partial charge in [-0.2, -0.15) is 0 Å². The number of benzene rings is 2. The molecule has 1 aliphatic heterocycles. The van der Waals surface area contributed by atoms with Gasteiger partial charge in [0.15, 0.2) is 0 Å². The molecule has 1 saturated heterocycles. The van der Waals surface area contributed by atoms with Crippen molar-refractivity contribution in [3.63, 3.8) is 0 Å². The Morgan fingerprint density at radius 3 is 2.11 bits per heavy atom. The number of likely N-dealkylation sites (tertiary alicyclic amines) is 1. The van der Waals surface area contributed by atoms with Crippen LogP contribution in [0.3, 0.4) is 0 Å². The van der Waals surface area contributed by atoms with Crippen LogP contribution in [-0.4, -0.2) is 47.8 Å². The molecule has 0 bridgehead atoms. The average Bonchev–Trinajstić information content (AvgIpc) is 2.61. The van der Waals surface area contributed by atoms with Crippen molar-refractivity contribution in [1.29, 1.82) is 0 Å². The summed E-state index contributed by atoms with van der Waals surface area (Å²) in [6.45, 7) is 0.382. The van der Waals surface area contributed by atoms with Crippen molar-refractivity contribution in [1.82, 2.24) is 9.80 Å². The first-order chi connectivity index (χ1) is 12.8. The fourth-order valence-corrected chi connectivity index (χ4v) is 2.98. The molecule has 0 N–H and O–H groups in total. The van der Waals surface area contributed by atoms with E-state index in [9.17, 15) is 27.2 Å². The molecular weight excluding hydrogens is 364 g/mol. The van der Waals surface area contributed by atoms with E-state index in [2.05, 4.69) is 0 Å². The monoisotopic (exact) mass is 380 g/mol. The van der Waals surface area contributed by atoms with Gasteiger partial charge in [0.25, 0.3) is 11.8 Å². The normalized spacial score (nSPS) is 16.0. The van der Waals surface area contributed by atoms with Gasteiger partial charge in [-0.15, -0.1) is 0 Å². The summed E-state index contributed by atoms with van der Waals surface area (Å²) in [5, 5.41) is 0. The third kappa shape index (κ3) is 3.79. The number of hydrogen-bond acceptors (Lipinski definition) is 2. The maximum atomic E-state index is 13.8. The Hall–Kier alpha value is -2.90. The number of hydrogen-bond donors (Lipinski definition) is 0. The molecule has 1 fully saturated rings. The van der Waals surface area contributed by atoms with Crippen molar-refractivity contribution < 1.29 is 27.2 Å². The van der Waals surface area contributed by atoms with Gasteiger partial charge in [-0.3, -0.25) is 9.59 Å². The van der Waals surface area contributed by atoms with Crippen LogP contribution in [0.25, 0.3) is 0 Å². The van der Waals surface area contributed by atoms with Crippen molar-refractivity contribution in [2.45, 2.75) is 12.5 Å². The molecular formula is C19H16F4N2O2. The zero-order valence-corrected chi connectivity index (χ0v) is 14.4. The number of amides is 2. The molecule has 0 spiro atoms. The van der Waals surface area contributed by atoms with Crippen molar-refractivity contribution in [2.24, 2.45) is 0 Å². The Morgan fingerprint density at radius 1 is 1.00 bits per heavy atom. The Morgan fingerprint density at radius 2 is 1.56 bits per heavy atom. The molecule has 2 amide bonds. The van der Waals surface area contributed by atoms with E-state index in [0.717, 1.165) is 36.4 Å². The molecule has 3 rings (SSSR count). The van der Waals surface area contributed by atoms with E-state index in [1.807, 2.05) is 0 Å². The van der Waals surface area contributed by atoms with Crippen molar-refractivity contribution in [2.75, 3.05) is 20.1 Å². The van der Waals surface area contributed by atoms with Gasteiger partial charge in [-0.1, -0.05) is 0 Å². The molecule has 1 atom stereocenters. The number of halogens is 4. The minimum absolute atomic E-state index is 0.0530. The van der Waals surface area contributed by atoms with Gasteiger partial charge in [-0.05, 0) is 42.8 Å². The number of carbonyl (C=O) groups is 2. The lowest BCUT2D eigenvalue weighted by atomic mass is 10.00. The summed E-state index contributed by atoms with van der Waals surface area (Å²) in [6.07, 6.45) is 0.548. The summed E-state index contributed by atoms with van der Waals surface area (Å²) in [7, 11) is 1.40. The number of carbonyl (C=O) groups excluding carboxylic acids is 2. The van der Waals surface area contributed by atoms with E-state index in [-0.39, 0.29) is 12.1 Å². The smallest absolute Gasteiger partial charge is 0.257 e. The maximum absolute atomic E-state index is 13.8. The molecule has 8 heteroatoms. The van der Waals surface area contributed by atoms with Gasteiger partial charge in [0.2, 0.25) is 0 Å². The average molecular weight is 380 g/mol. The summed E-state index contributed by atoms with van der Waals surface area (Å²) in [5.74, 6) is -4.57. The third-order valence-electron chi connectivity index (χ3n) is 4.55. The molecule has 1 aliphatic rings. The SMILES string of the molecule is CN(CC1CCN1C(=O)c1cc(F)ccc1F)C(=O)c1cc(F)ccc1F. The predicted molar refractivity (Wildman–Crippen MR) is 89.1 cm³/mol. The van der Waals surface area contributed by atoms with E-state index < -0.39 is 46.7 Å². The zero-order chi connectivity index (χ0) is 19.7. The van der Waals surface area contributed by atoms with E-state index in [1.54, 1.807) is 0 Å². The minimum atomic E-state index is -0.850. The first kappa shape index (κ1) is 18.9. The molecule has 1 unspecified atom stereocenters. The zero-order valence-electron chi connectivity index (χ0n) is 14.4. The molecule has 27 heavy (non-hydrogen) atoms. The van der Waals surface area contributed by atoms with Gasteiger partial charge in [-0.25, -0.2) is 17.6 Å². The minimum Gasteiger partial charge on any atom is -0.340 e. The molecule has 0 aliphatic carbocycles. The highest BCUT2D eigenvalue weighted by atomic mass is 19.1. The van der Waals surface area contributed by atoms with Crippen LogP contribution >= 0.6 is 0 Å². The number of likely N-dealkylation sites (N-methyl/N-ethyl adjacent to an activating group) is 1. The van der Waals surface area contributed by atoms with Crippen LogP contribution in [0.4, 0.5) is 17.6 Å². The lowest BCUT2D eigenvalue weighted by molar-refractivity contribution is 0.0353. The van der Waals surface area contributed by atoms with E-state index in [1.165, 1.54) is 16.8 Å². The van der Waals surface area contributed by atoms with Gasteiger partial charge in [0, 0.05) is 20.1 Å². The summed E-state index contributed by atoms with van der Waals surface area (Å²) in [6, 6.07) is 4.77. The molecule has 142 valence electrons. The topological polar surface area (TPSA) is 40.6 Å². The highest BCUT2D eigenvalue weighted by molar-refractivity contribution is 5.96. The van der Waals surface area contributed by atoms with Crippen LogP contribution in [0, 0.1) is 23.3 Å². The summed E-state index contributed by atoms with van der Waals surface area (Å²) < 4.78 is 54.2. The first-order valence-electron chi connectivity index (χ1n) is 8.24. The van der Waals surface area contributed by atoms with Crippen molar-refractivity contribution in [3.8, 4) is 0 Å². The first-order valence-corrected chi connectivity index (χ1v) is 8.24. The van der Waals surface area contributed by atoms with Crippen LogP contribution < -0.4 is 0 Å². The highest BCUT2D eigenvalue weighted by Gasteiger charge is 2.35. The molecule has 4 nitrogen and oxygen atoms in total. The largest absolute Gasteiger partial charge is 0.340 e. The lowest BCUT2D eigenvalue weighted by Crippen LogP contribution is -2.56. The predicted octanol–water partition coefficient (Wildman–Crippen LogP) is 3.23. The van der Waals surface area contributed by atoms with Gasteiger partial charge in [0.1, 0.15) is 23.3 Å². The number of rotatable bonds is 4. The second kappa shape index (κ2) is 7.38. The Bertz CT molecular complexity index is 903. The molecule has 0 radical (unpaired) electrons. The Labute approximate surface area is 153 Å². The van der Waals surface area contributed by atoms with E-state index in [4.69, 9.17) is 0 Å². The van der Waals surface area contributed by atoms with Gasteiger partial charge >= 0.3 is 0 Å². The molecule has 0 saturated carbocycles. The molecule has 2 aromatic carbocycles. The Balaban J connectivity index is 1.70. The van der Waals surface area contributed by atoms with Crippen molar-refractivity contribution >= 4 is 11.8 Å². The van der Waals surface area contributed by atoms with E-state index >= 15 is 0 Å². The van der Waals surface area contributed by atoms with Crippen LogP contribution in [0.15, 0.2) is 36.4 Å². The van der Waals surface area contributed by atoms with E-state index in [0.29, 0.717) is 13.0 Å².